The van der Waals surface area contributed by atoms with Crippen molar-refractivity contribution < 1.29 is 46.6 Å². The molecular formula is C50H60FN9O10S. The van der Waals surface area contributed by atoms with Crippen LogP contribution in [0.3, 0.4) is 0 Å². The molecule has 0 unspecified atom stereocenters. The van der Waals surface area contributed by atoms with E-state index in [1.807, 2.05) is 19.0 Å². The molecule has 5 heterocycles. The molecule has 0 fully saturated rings. The molecule has 1 aromatic carbocycles. The largest absolute Gasteiger partial charge is 0.458 e. The lowest BCUT2D eigenvalue weighted by Crippen LogP contribution is -2.56. The molecule has 21 heteroatoms. The average molecular weight is 998 g/mol. The maximum absolute atomic E-state index is 15.0. The lowest BCUT2D eigenvalue weighted by Gasteiger charge is -2.31. The zero-order chi connectivity index (χ0) is 51.8. The van der Waals surface area contributed by atoms with Crippen molar-refractivity contribution in [1.82, 2.24) is 45.7 Å². The smallest absolute Gasteiger partial charge is 0.343 e. The van der Waals surface area contributed by atoms with Crippen LogP contribution in [0.15, 0.2) is 46.6 Å². The van der Waals surface area contributed by atoms with Gasteiger partial charge in [-0.05, 0) is 88.8 Å². The number of ether oxygens (including phenoxy) is 1. The topological polar surface area (TPSA) is 261 Å². The average Bonchev–Trinajstić information content (AvgIpc) is 3.69. The molecule has 4 aromatic rings. The molecule has 0 saturated heterocycles. The molecule has 0 saturated carbocycles. The van der Waals surface area contributed by atoms with E-state index >= 15 is 0 Å². The van der Waals surface area contributed by atoms with Gasteiger partial charge in [-0.2, -0.15) is 0 Å². The van der Waals surface area contributed by atoms with Gasteiger partial charge in [0.25, 0.3) is 5.56 Å². The van der Waals surface area contributed by atoms with Crippen molar-refractivity contribution in [3.8, 4) is 23.2 Å². The molecule has 6 rings (SSSR count). The minimum Gasteiger partial charge on any atom is -0.458 e. The first kappa shape index (κ1) is 53.5. The number of nitrogens with zero attached hydrogens (tertiary/aromatic N) is 5. The number of hydrogen-bond donors (Lipinski definition) is 5. The quantitative estimate of drug-likeness (QED) is 0.0325. The fourth-order valence-electron chi connectivity index (χ4n) is 8.29. The SMILES string of the molecule is CC[C@@]1(O)C(=O)OCc2c1cc1n(c2=O)Cc2c-1nc1cc(F)c(C)cc1c2/C=C/CNC(=O)CNC(=O)[C@H](CCCCN(C)C)NC(=O)[C@@H](NC(=O)CCCC#Cc1cnc(S(C)(=O)=O)nc1)C(C)C. The number of pyridine rings is 2. The predicted molar refractivity (Wildman–Crippen MR) is 261 cm³/mol. The third-order valence-electron chi connectivity index (χ3n) is 12.3. The van der Waals surface area contributed by atoms with E-state index < -0.39 is 69.1 Å². The first-order chi connectivity index (χ1) is 33.6. The Morgan fingerprint density at radius 2 is 1.75 bits per heavy atom. The number of carbonyl (C=O) groups is 5. The molecule has 71 heavy (non-hydrogen) atoms. The number of esters is 1. The predicted octanol–water partition coefficient (Wildman–Crippen LogP) is 2.55. The number of carbonyl (C=O) groups excluding carboxylic acids is 5. The summed E-state index contributed by atoms with van der Waals surface area (Å²) < 4.78 is 44.8. The molecule has 0 bridgehead atoms. The molecule has 0 aliphatic carbocycles. The van der Waals surface area contributed by atoms with E-state index in [0.717, 1.165) is 19.2 Å². The van der Waals surface area contributed by atoms with E-state index in [4.69, 9.17) is 9.72 Å². The Kier molecular flexibility index (Phi) is 17.2. The lowest BCUT2D eigenvalue weighted by molar-refractivity contribution is -0.172. The van der Waals surface area contributed by atoms with Crippen molar-refractivity contribution in [2.24, 2.45) is 5.92 Å². The Morgan fingerprint density at radius 3 is 2.42 bits per heavy atom. The Hall–Kier alpha value is -6.89. The number of sulfone groups is 1. The molecule has 2 aliphatic heterocycles. The zero-order valence-electron chi connectivity index (χ0n) is 40.9. The van der Waals surface area contributed by atoms with Gasteiger partial charge in [0.05, 0.1) is 41.1 Å². The monoisotopic (exact) mass is 997 g/mol. The highest BCUT2D eigenvalue weighted by atomic mass is 32.2. The van der Waals surface area contributed by atoms with Gasteiger partial charge < -0.3 is 40.6 Å². The van der Waals surface area contributed by atoms with Crippen LogP contribution >= 0.6 is 0 Å². The third-order valence-corrected chi connectivity index (χ3v) is 13.2. The minimum absolute atomic E-state index is 0.0146. The second kappa shape index (κ2) is 22.9. The van der Waals surface area contributed by atoms with Gasteiger partial charge in [-0.25, -0.2) is 32.6 Å². The fraction of sp³-hybridized carbons (Fsp3) is 0.460. The van der Waals surface area contributed by atoms with Crippen molar-refractivity contribution >= 4 is 56.4 Å². The van der Waals surface area contributed by atoms with Crippen LogP contribution in [0.4, 0.5) is 4.39 Å². The van der Waals surface area contributed by atoms with Gasteiger partial charge in [0.1, 0.15) is 24.5 Å². The maximum atomic E-state index is 15.0. The van der Waals surface area contributed by atoms with Gasteiger partial charge in [-0.3, -0.25) is 24.0 Å². The number of halogens is 1. The van der Waals surface area contributed by atoms with E-state index in [1.54, 1.807) is 52.0 Å². The Morgan fingerprint density at radius 1 is 1.01 bits per heavy atom. The highest BCUT2D eigenvalue weighted by Gasteiger charge is 2.45. The zero-order valence-corrected chi connectivity index (χ0v) is 41.7. The third kappa shape index (κ3) is 12.7. The van der Waals surface area contributed by atoms with Crippen LogP contribution in [-0.2, 0) is 57.3 Å². The van der Waals surface area contributed by atoms with Gasteiger partial charge in [0, 0.05) is 60.6 Å². The first-order valence-electron chi connectivity index (χ1n) is 23.4. The highest BCUT2D eigenvalue weighted by molar-refractivity contribution is 7.90. The van der Waals surface area contributed by atoms with Crippen LogP contribution in [0.2, 0.25) is 0 Å². The summed E-state index contributed by atoms with van der Waals surface area (Å²) in [7, 11) is 0.308. The van der Waals surface area contributed by atoms with E-state index in [9.17, 15) is 46.7 Å². The molecule has 378 valence electrons. The van der Waals surface area contributed by atoms with Crippen LogP contribution in [-0.4, -0.2) is 120 Å². The molecule has 4 amide bonds. The summed E-state index contributed by atoms with van der Waals surface area (Å²) in [6.45, 7) is 6.91. The van der Waals surface area contributed by atoms with E-state index in [2.05, 4.69) is 43.1 Å². The molecule has 0 spiro atoms. The molecule has 0 radical (unpaired) electrons. The standard InChI is InChI=1S/C50H60FN9O10S/c1-8-50(67)36-22-40-44-34(27-60(40)47(65)35(36)28-70-48(50)66)32(33-21-30(4)37(51)23-39(33)56-44)16-14-19-52-42(62)26-53-45(63)38(17-12-13-20-59(5)6)57-46(64)43(29(2)3)58-41(61)18-11-9-10-15-31-24-54-49(55-25-31)71(7,68)69/h14,16,21-25,29,38,43,67H,8-9,11-13,17-20,26-28H2,1-7H3,(H,52,62)(H,53,63)(H,57,64)(H,58,61)/b16-14+/t38-,43-,50-/m0/s1. The summed E-state index contributed by atoms with van der Waals surface area (Å²) in [5.74, 6) is 2.01. The number of nitrogens with one attached hydrogen (secondary N) is 4. The lowest BCUT2D eigenvalue weighted by atomic mass is 9.86. The Bertz CT molecular complexity index is 3000. The first-order valence-corrected chi connectivity index (χ1v) is 25.3. The van der Waals surface area contributed by atoms with Crippen LogP contribution in [0.25, 0.3) is 28.4 Å². The highest BCUT2D eigenvalue weighted by Crippen LogP contribution is 2.41. The summed E-state index contributed by atoms with van der Waals surface area (Å²) in [4.78, 5) is 94.2. The number of aryl methyl sites for hydroxylation is 1. The number of hydrogen-bond acceptors (Lipinski definition) is 14. The Balaban J connectivity index is 1.08. The van der Waals surface area contributed by atoms with Gasteiger partial charge in [-0.15, -0.1) is 0 Å². The molecular weight excluding hydrogens is 938 g/mol. The number of aromatic nitrogens is 4. The second-order valence-corrected chi connectivity index (χ2v) is 20.2. The van der Waals surface area contributed by atoms with Crippen molar-refractivity contribution in [1.29, 1.82) is 0 Å². The summed E-state index contributed by atoms with van der Waals surface area (Å²) >= 11 is 0. The number of aliphatic hydroxyl groups is 1. The molecule has 3 atom stereocenters. The maximum Gasteiger partial charge on any atom is 0.343 e. The van der Waals surface area contributed by atoms with Crippen LogP contribution in [0, 0.1) is 30.5 Å². The number of benzene rings is 1. The van der Waals surface area contributed by atoms with Crippen LogP contribution in [0.5, 0.6) is 0 Å². The normalized spacial score (nSPS) is 15.8. The van der Waals surface area contributed by atoms with Crippen LogP contribution in [0.1, 0.15) is 99.1 Å². The fourth-order valence-corrected chi connectivity index (χ4v) is 8.78. The summed E-state index contributed by atoms with van der Waals surface area (Å²) in [6, 6.07) is 2.56. The summed E-state index contributed by atoms with van der Waals surface area (Å²) in [5, 5.41) is 22.5. The van der Waals surface area contributed by atoms with Crippen LogP contribution < -0.4 is 26.8 Å². The van der Waals surface area contributed by atoms with Gasteiger partial charge >= 0.3 is 5.97 Å². The van der Waals surface area contributed by atoms with Crippen molar-refractivity contribution in [2.45, 2.75) is 109 Å². The number of amides is 4. The Labute approximate surface area is 411 Å². The van der Waals surface area contributed by atoms with E-state index in [0.29, 0.717) is 63.8 Å². The van der Waals surface area contributed by atoms with Gasteiger partial charge in [0.15, 0.2) is 5.60 Å². The van der Waals surface area contributed by atoms with Gasteiger partial charge in [0.2, 0.25) is 38.6 Å². The number of cyclic esters (lactones) is 1. The second-order valence-electron chi connectivity index (χ2n) is 18.3. The molecule has 3 aromatic heterocycles. The van der Waals surface area contributed by atoms with Crippen molar-refractivity contribution in [2.75, 3.05) is 40.0 Å². The minimum atomic E-state index is -3.54. The molecule has 19 nitrogen and oxygen atoms in total. The summed E-state index contributed by atoms with van der Waals surface area (Å²) in [6.07, 6.45) is 9.36. The molecule has 5 N–H and O–H groups in total. The number of fused-ring (bicyclic) bond motifs is 5. The molecule has 2 aliphatic rings. The van der Waals surface area contributed by atoms with Gasteiger partial charge in [-0.1, -0.05) is 44.8 Å². The number of unbranched alkanes of at least 4 members (excludes halogenated alkanes) is 2. The van der Waals surface area contributed by atoms with E-state index in [1.165, 1.54) is 23.0 Å². The van der Waals surface area contributed by atoms with E-state index in [-0.39, 0.29) is 67.1 Å². The summed E-state index contributed by atoms with van der Waals surface area (Å²) in [5.41, 5.74) is 0.920. The van der Waals surface area contributed by atoms with Crippen molar-refractivity contribution in [3.63, 3.8) is 0 Å². The number of rotatable bonds is 20. The van der Waals surface area contributed by atoms with Crippen molar-refractivity contribution in [3.05, 3.63) is 86.2 Å².